The van der Waals surface area contributed by atoms with E-state index in [0.717, 1.165) is 5.56 Å². The number of rotatable bonds is 13. The summed E-state index contributed by atoms with van der Waals surface area (Å²) in [5.41, 5.74) is 11.5. The van der Waals surface area contributed by atoms with Crippen LogP contribution >= 0.6 is 0 Å². The predicted octanol–water partition coefficient (Wildman–Crippen LogP) is -4.04. The number of nitrogens with two attached hydrogens (primary N) is 2. The highest BCUT2D eigenvalue weighted by atomic mass is 16.4. The molecule has 13 nitrogen and oxygen atoms in total. The number of carbonyl (C=O) groups is 5. The maximum Gasteiger partial charge on any atom is 0.326 e. The van der Waals surface area contributed by atoms with Crippen molar-refractivity contribution in [2.75, 3.05) is 13.2 Å². The predicted molar refractivity (Wildman–Crippen MR) is 110 cm³/mol. The zero-order valence-corrected chi connectivity index (χ0v) is 17.1. The Bertz CT molecular complexity index is 819. The highest BCUT2D eigenvalue weighted by Crippen LogP contribution is 2.02. The number of aliphatic hydroxyl groups excluding tert-OH is 2. The molecule has 176 valence electrons. The molecule has 1 aromatic rings. The first kappa shape index (κ1) is 26.5. The molecule has 32 heavy (non-hydrogen) atoms. The third kappa shape index (κ3) is 8.67. The number of carbonyl (C=O) groups excluding carboxylic acids is 4. The quantitative estimate of drug-likeness (QED) is 0.145. The molecule has 0 aliphatic rings. The third-order valence-electron chi connectivity index (χ3n) is 4.29. The van der Waals surface area contributed by atoms with Crippen LogP contribution in [0.25, 0.3) is 0 Å². The topological polar surface area (TPSA) is 234 Å². The second-order valence-corrected chi connectivity index (χ2v) is 6.85. The van der Waals surface area contributed by atoms with Crippen molar-refractivity contribution in [1.29, 1.82) is 0 Å². The molecule has 4 amide bonds. The van der Waals surface area contributed by atoms with Gasteiger partial charge in [0, 0.05) is 0 Å². The number of carboxylic acid groups (broad SMARTS) is 1. The Morgan fingerprint density at radius 2 is 1.28 bits per heavy atom. The van der Waals surface area contributed by atoms with Gasteiger partial charge in [0.25, 0.3) is 0 Å². The average Bonchev–Trinajstić information content (AvgIpc) is 2.74. The van der Waals surface area contributed by atoms with Crippen LogP contribution in [-0.2, 0) is 30.4 Å². The van der Waals surface area contributed by atoms with Crippen molar-refractivity contribution >= 4 is 29.6 Å². The van der Waals surface area contributed by atoms with E-state index in [-0.39, 0.29) is 6.42 Å². The van der Waals surface area contributed by atoms with Crippen LogP contribution in [0.15, 0.2) is 30.3 Å². The normalized spacial score (nSPS) is 14.3. The summed E-state index contributed by atoms with van der Waals surface area (Å²) in [5.74, 6) is -5.41. The molecule has 10 N–H and O–H groups in total. The summed E-state index contributed by atoms with van der Waals surface area (Å²) in [6, 6.07) is 3.03. The van der Waals surface area contributed by atoms with Gasteiger partial charge in [0.05, 0.1) is 25.7 Å². The van der Waals surface area contributed by atoms with Gasteiger partial charge in [-0.3, -0.25) is 19.2 Å². The number of carboxylic acids is 1. The average molecular weight is 453 g/mol. The molecule has 4 unspecified atom stereocenters. The van der Waals surface area contributed by atoms with E-state index in [1.807, 2.05) is 5.32 Å². The lowest BCUT2D eigenvalue weighted by Gasteiger charge is -2.23. The van der Waals surface area contributed by atoms with E-state index in [2.05, 4.69) is 10.6 Å². The van der Waals surface area contributed by atoms with Gasteiger partial charge in [-0.05, 0) is 12.0 Å². The maximum absolute atomic E-state index is 12.4. The van der Waals surface area contributed by atoms with Crippen LogP contribution in [0.4, 0.5) is 0 Å². The number of benzene rings is 1. The van der Waals surface area contributed by atoms with Crippen molar-refractivity contribution in [2.45, 2.75) is 37.0 Å². The Hall–Kier alpha value is -3.55. The number of nitrogens with one attached hydrogen (secondary N) is 3. The molecule has 0 saturated carbocycles. The largest absolute Gasteiger partial charge is 0.480 e. The second kappa shape index (κ2) is 13.0. The maximum atomic E-state index is 12.4. The van der Waals surface area contributed by atoms with Crippen LogP contribution in [0.3, 0.4) is 0 Å². The minimum absolute atomic E-state index is 0.171. The Morgan fingerprint density at radius 3 is 1.72 bits per heavy atom. The van der Waals surface area contributed by atoms with Crippen molar-refractivity contribution < 1.29 is 39.3 Å². The number of aliphatic carboxylic acids is 1. The van der Waals surface area contributed by atoms with Crippen LogP contribution in [0, 0.1) is 0 Å². The molecule has 0 saturated heterocycles. The Balaban J connectivity index is 2.71. The molecule has 0 bridgehead atoms. The summed E-state index contributed by atoms with van der Waals surface area (Å²) in [4.78, 5) is 58.8. The van der Waals surface area contributed by atoms with Crippen LogP contribution < -0.4 is 27.4 Å². The molecule has 4 atom stereocenters. The van der Waals surface area contributed by atoms with E-state index in [1.165, 1.54) is 0 Å². The fourth-order valence-corrected chi connectivity index (χ4v) is 2.57. The summed E-state index contributed by atoms with van der Waals surface area (Å²) >= 11 is 0. The first-order chi connectivity index (χ1) is 15.1. The number of hydrogen-bond donors (Lipinski definition) is 8. The molecule has 1 aromatic carbocycles. The molecule has 0 heterocycles. The molecule has 13 heteroatoms. The van der Waals surface area contributed by atoms with Crippen molar-refractivity contribution in [2.24, 2.45) is 11.5 Å². The minimum Gasteiger partial charge on any atom is -0.480 e. The number of hydrogen-bond acceptors (Lipinski definition) is 8. The van der Waals surface area contributed by atoms with E-state index in [9.17, 15) is 34.2 Å². The van der Waals surface area contributed by atoms with Gasteiger partial charge >= 0.3 is 5.97 Å². The first-order valence-electron chi connectivity index (χ1n) is 9.52. The molecule has 0 radical (unpaired) electrons. The molecule has 0 aliphatic carbocycles. The highest BCUT2D eigenvalue weighted by molar-refractivity contribution is 5.95. The van der Waals surface area contributed by atoms with Crippen molar-refractivity contribution in [3.8, 4) is 0 Å². The number of amides is 4. The van der Waals surface area contributed by atoms with Gasteiger partial charge in [-0.15, -0.1) is 0 Å². The Labute approximate surface area is 183 Å². The number of aliphatic hydroxyl groups is 2. The summed E-state index contributed by atoms with van der Waals surface area (Å²) in [6.07, 6.45) is -0.535. The minimum atomic E-state index is -1.67. The lowest BCUT2D eigenvalue weighted by molar-refractivity contribution is -0.144. The zero-order chi connectivity index (χ0) is 24.3. The first-order valence-corrected chi connectivity index (χ1v) is 9.52. The van der Waals surface area contributed by atoms with Gasteiger partial charge in [0.1, 0.15) is 18.1 Å². The van der Waals surface area contributed by atoms with Gasteiger partial charge in [0.2, 0.25) is 23.6 Å². The smallest absolute Gasteiger partial charge is 0.326 e. The third-order valence-corrected chi connectivity index (χ3v) is 4.29. The van der Waals surface area contributed by atoms with Gasteiger partial charge in [0.15, 0.2) is 0 Å². The van der Waals surface area contributed by atoms with E-state index in [1.54, 1.807) is 30.3 Å². The van der Waals surface area contributed by atoms with E-state index < -0.39 is 73.4 Å². The van der Waals surface area contributed by atoms with Crippen molar-refractivity contribution in [3.63, 3.8) is 0 Å². The van der Waals surface area contributed by atoms with Crippen molar-refractivity contribution in [3.05, 3.63) is 35.9 Å². The van der Waals surface area contributed by atoms with Crippen LogP contribution in [-0.4, -0.2) is 82.3 Å². The molecular weight excluding hydrogens is 426 g/mol. The fourth-order valence-electron chi connectivity index (χ4n) is 2.57. The van der Waals surface area contributed by atoms with Crippen molar-refractivity contribution in [1.82, 2.24) is 16.0 Å². The summed E-state index contributed by atoms with van der Waals surface area (Å²) in [5, 5.41) is 34.2. The van der Waals surface area contributed by atoms with Crippen LogP contribution in [0.2, 0.25) is 0 Å². The molecular formula is C19H27N5O8. The number of primary amides is 1. The van der Waals surface area contributed by atoms with E-state index in [4.69, 9.17) is 16.6 Å². The summed E-state index contributed by atoms with van der Waals surface area (Å²) in [7, 11) is 0. The SMILES string of the molecule is NC(=O)CC(NC(=O)C(CO)NC(=O)C(CO)NC(=O)C(N)Cc1ccccc1)C(=O)O. The Morgan fingerprint density at radius 1 is 0.812 bits per heavy atom. The van der Waals surface area contributed by atoms with Gasteiger partial charge in [-0.25, -0.2) is 4.79 Å². The molecule has 0 spiro atoms. The summed E-state index contributed by atoms with van der Waals surface area (Å²) in [6.45, 7) is -1.77. The molecule has 0 aliphatic heterocycles. The van der Waals surface area contributed by atoms with Gasteiger partial charge in [-0.1, -0.05) is 30.3 Å². The molecule has 0 fully saturated rings. The van der Waals surface area contributed by atoms with Crippen LogP contribution in [0.1, 0.15) is 12.0 Å². The monoisotopic (exact) mass is 453 g/mol. The second-order valence-electron chi connectivity index (χ2n) is 6.85. The highest BCUT2D eigenvalue weighted by Gasteiger charge is 2.30. The van der Waals surface area contributed by atoms with E-state index in [0.29, 0.717) is 0 Å². The Kier molecular flexibility index (Phi) is 10.8. The molecule has 1 rings (SSSR count). The van der Waals surface area contributed by atoms with Crippen LogP contribution in [0.5, 0.6) is 0 Å². The lowest BCUT2D eigenvalue weighted by atomic mass is 10.1. The van der Waals surface area contributed by atoms with E-state index >= 15 is 0 Å². The zero-order valence-electron chi connectivity index (χ0n) is 17.1. The fraction of sp³-hybridized carbons (Fsp3) is 0.421. The summed E-state index contributed by atoms with van der Waals surface area (Å²) < 4.78 is 0. The standard InChI is InChI=1S/C19H27N5O8/c20-11(6-10-4-2-1-3-5-10)16(28)23-13(8-25)18(30)24-14(9-26)17(29)22-12(19(31)32)7-15(21)27/h1-5,11-14,25-26H,6-9,20H2,(H2,21,27)(H,22,29)(H,23,28)(H,24,30)(H,31,32). The van der Waals surface area contributed by atoms with Gasteiger partial charge in [-0.2, -0.15) is 0 Å². The lowest BCUT2D eigenvalue weighted by Crippen LogP contribution is -2.59. The van der Waals surface area contributed by atoms with Gasteiger partial charge < -0.3 is 42.7 Å². The molecule has 0 aromatic heterocycles.